The van der Waals surface area contributed by atoms with Crippen molar-refractivity contribution in [2.24, 2.45) is 0 Å². The Labute approximate surface area is 305 Å². The van der Waals surface area contributed by atoms with Gasteiger partial charge in [-0.3, -0.25) is 9.35 Å². The first kappa shape index (κ1) is 48.1. The third-order valence-corrected chi connectivity index (χ3v) is 10.7. The van der Waals surface area contributed by atoms with Crippen molar-refractivity contribution in [2.75, 3.05) is 5.75 Å². The van der Waals surface area contributed by atoms with Crippen LogP contribution in [-0.2, 0) is 14.9 Å². The molecule has 0 fully saturated rings. The zero-order valence-corrected chi connectivity index (χ0v) is 33.4. The molecule has 292 valence electrons. The Bertz CT molecular complexity index is 831. The maximum absolute atomic E-state index is 12.5. The first-order valence-corrected chi connectivity index (χ1v) is 23.0. The van der Waals surface area contributed by atoms with E-state index in [2.05, 4.69) is 19.2 Å². The SMILES string of the molecule is CCCCCCCCCCCCCCC/C=C/C(O)C(CS(=O)(=O)O)NC(=O)CCCCCCCCCCCCCCCCCCCCC. The van der Waals surface area contributed by atoms with E-state index in [9.17, 15) is 22.9 Å². The summed E-state index contributed by atoms with van der Waals surface area (Å²) in [4.78, 5) is 12.5. The first-order chi connectivity index (χ1) is 23.8. The minimum atomic E-state index is -4.34. The molecule has 0 aliphatic carbocycles. The van der Waals surface area contributed by atoms with Gasteiger partial charge in [0.05, 0.1) is 17.9 Å². The fraction of sp³-hybridized carbons (Fsp3) is 0.929. The van der Waals surface area contributed by atoms with Crippen LogP contribution in [0.1, 0.15) is 232 Å². The lowest BCUT2D eigenvalue weighted by Gasteiger charge is -2.21. The number of rotatable bonds is 39. The number of nitrogens with one attached hydrogen (secondary N) is 1. The van der Waals surface area contributed by atoms with Gasteiger partial charge in [-0.2, -0.15) is 8.42 Å². The average molecular weight is 714 g/mol. The topological polar surface area (TPSA) is 104 Å². The predicted molar refractivity (Wildman–Crippen MR) is 212 cm³/mol. The van der Waals surface area contributed by atoms with E-state index in [1.807, 2.05) is 6.08 Å². The molecule has 0 bridgehead atoms. The van der Waals surface area contributed by atoms with Gasteiger partial charge in [0.15, 0.2) is 0 Å². The number of aliphatic hydroxyl groups excluding tert-OH is 1. The van der Waals surface area contributed by atoms with Crippen LogP contribution in [0.3, 0.4) is 0 Å². The lowest BCUT2D eigenvalue weighted by Crippen LogP contribution is -2.46. The third-order valence-electron chi connectivity index (χ3n) is 9.96. The van der Waals surface area contributed by atoms with E-state index in [-0.39, 0.29) is 5.91 Å². The van der Waals surface area contributed by atoms with Crippen molar-refractivity contribution < 1.29 is 22.9 Å². The van der Waals surface area contributed by atoms with Crippen LogP contribution in [0.4, 0.5) is 0 Å². The highest BCUT2D eigenvalue weighted by Gasteiger charge is 2.24. The number of hydrogen-bond acceptors (Lipinski definition) is 4. The molecular formula is C42H83NO5S. The van der Waals surface area contributed by atoms with E-state index in [4.69, 9.17) is 0 Å². The zero-order chi connectivity index (χ0) is 36.1. The summed E-state index contributed by atoms with van der Waals surface area (Å²) in [6.45, 7) is 4.53. The molecule has 1 amide bonds. The molecule has 0 rings (SSSR count). The normalized spacial score (nSPS) is 13.3. The molecule has 3 N–H and O–H groups in total. The van der Waals surface area contributed by atoms with Gasteiger partial charge in [-0.05, 0) is 19.3 Å². The summed E-state index contributed by atoms with van der Waals surface area (Å²) in [5.74, 6) is -0.966. The summed E-state index contributed by atoms with van der Waals surface area (Å²) in [6.07, 6.45) is 44.8. The quantitative estimate of drug-likeness (QED) is 0.0334. The van der Waals surface area contributed by atoms with E-state index in [0.717, 1.165) is 38.5 Å². The van der Waals surface area contributed by atoms with Crippen LogP contribution >= 0.6 is 0 Å². The summed E-state index contributed by atoms with van der Waals surface area (Å²) in [5, 5.41) is 13.2. The molecule has 0 aliphatic heterocycles. The van der Waals surface area contributed by atoms with Gasteiger partial charge in [-0.25, -0.2) is 0 Å². The number of carbonyl (C=O) groups is 1. The van der Waals surface area contributed by atoms with Gasteiger partial charge in [0.25, 0.3) is 10.1 Å². The Morgan fingerprint density at radius 3 is 1.16 bits per heavy atom. The van der Waals surface area contributed by atoms with Gasteiger partial charge >= 0.3 is 0 Å². The Balaban J connectivity index is 3.85. The van der Waals surface area contributed by atoms with Crippen LogP contribution in [0.25, 0.3) is 0 Å². The summed E-state index contributed by atoms with van der Waals surface area (Å²) in [6, 6.07) is -1.05. The number of hydrogen-bond donors (Lipinski definition) is 3. The molecule has 0 aromatic heterocycles. The van der Waals surface area contributed by atoms with Crippen LogP contribution < -0.4 is 5.32 Å². The molecule has 0 spiro atoms. The summed E-state index contributed by atoms with van der Waals surface area (Å²) < 4.78 is 32.5. The Hall–Kier alpha value is -0.920. The standard InChI is InChI=1S/C42H83NO5S/c1-3-5-7-9-11-13-15-17-19-20-21-22-24-26-28-30-32-34-36-38-42(45)43-40(39-49(46,47)48)41(44)37-35-33-31-29-27-25-23-18-16-14-12-10-8-6-4-2/h35,37,40-41,44H,3-34,36,38-39H2,1-2H3,(H,43,45)(H,46,47,48)/b37-35+. The van der Waals surface area contributed by atoms with E-state index in [0.29, 0.717) is 6.42 Å². The minimum Gasteiger partial charge on any atom is -0.387 e. The number of aliphatic hydroxyl groups is 1. The van der Waals surface area contributed by atoms with E-state index in [1.165, 1.54) is 173 Å². The van der Waals surface area contributed by atoms with Crippen molar-refractivity contribution in [3.8, 4) is 0 Å². The maximum atomic E-state index is 12.5. The molecule has 7 heteroatoms. The molecule has 0 aliphatic rings. The second kappa shape index (κ2) is 36.9. The number of carbonyl (C=O) groups excluding carboxylic acids is 1. The zero-order valence-electron chi connectivity index (χ0n) is 32.6. The molecule has 0 aromatic rings. The number of allylic oxidation sites excluding steroid dienone is 1. The molecule has 0 aromatic carbocycles. The Morgan fingerprint density at radius 2 is 0.837 bits per heavy atom. The summed E-state index contributed by atoms with van der Waals surface area (Å²) >= 11 is 0. The molecule has 0 radical (unpaired) electrons. The van der Waals surface area contributed by atoms with Gasteiger partial charge in [0.1, 0.15) is 0 Å². The molecule has 0 saturated carbocycles. The van der Waals surface area contributed by atoms with Crippen molar-refractivity contribution >= 4 is 16.0 Å². The number of amides is 1. The molecule has 2 atom stereocenters. The second-order valence-corrected chi connectivity index (χ2v) is 16.5. The Kier molecular flexibility index (Phi) is 36.2. The highest BCUT2D eigenvalue weighted by Crippen LogP contribution is 2.16. The van der Waals surface area contributed by atoms with Crippen LogP contribution in [-0.4, -0.2) is 41.9 Å². The molecule has 0 heterocycles. The fourth-order valence-corrected chi connectivity index (χ4v) is 7.48. The fourth-order valence-electron chi connectivity index (χ4n) is 6.75. The molecular weight excluding hydrogens is 631 g/mol. The van der Waals surface area contributed by atoms with Crippen molar-refractivity contribution in [3.63, 3.8) is 0 Å². The second-order valence-electron chi connectivity index (χ2n) is 15.0. The highest BCUT2D eigenvalue weighted by molar-refractivity contribution is 7.85. The third kappa shape index (κ3) is 38.1. The van der Waals surface area contributed by atoms with Crippen LogP contribution in [0.15, 0.2) is 12.2 Å². The molecule has 6 nitrogen and oxygen atoms in total. The van der Waals surface area contributed by atoms with E-state index in [1.54, 1.807) is 6.08 Å². The van der Waals surface area contributed by atoms with Gasteiger partial charge < -0.3 is 10.4 Å². The first-order valence-electron chi connectivity index (χ1n) is 21.4. The van der Waals surface area contributed by atoms with Crippen LogP contribution in [0.2, 0.25) is 0 Å². The molecule has 0 saturated heterocycles. The van der Waals surface area contributed by atoms with E-state index >= 15 is 0 Å². The molecule has 2 unspecified atom stereocenters. The van der Waals surface area contributed by atoms with Crippen molar-refractivity contribution in [3.05, 3.63) is 12.2 Å². The highest BCUT2D eigenvalue weighted by atomic mass is 32.2. The minimum absolute atomic E-state index is 0.274. The summed E-state index contributed by atoms with van der Waals surface area (Å²) in [5.41, 5.74) is 0. The average Bonchev–Trinajstić information content (AvgIpc) is 3.06. The monoisotopic (exact) mass is 714 g/mol. The van der Waals surface area contributed by atoms with Gasteiger partial charge in [0, 0.05) is 6.42 Å². The lowest BCUT2D eigenvalue weighted by atomic mass is 10.0. The smallest absolute Gasteiger partial charge is 0.267 e. The van der Waals surface area contributed by atoms with Gasteiger partial charge in [-0.15, -0.1) is 0 Å². The maximum Gasteiger partial charge on any atom is 0.267 e. The largest absolute Gasteiger partial charge is 0.387 e. The van der Waals surface area contributed by atoms with Gasteiger partial charge in [0.2, 0.25) is 5.91 Å². The van der Waals surface area contributed by atoms with Gasteiger partial charge in [-0.1, -0.05) is 219 Å². The van der Waals surface area contributed by atoms with Crippen molar-refractivity contribution in [2.45, 2.75) is 244 Å². The number of unbranched alkanes of at least 4 members (excludes halogenated alkanes) is 31. The predicted octanol–water partition coefficient (Wildman–Crippen LogP) is 12.6. The lowest BCUT2D eigenvalue weighted by molar-refractivity contribution is -0.122. The van der Waals surface area contributed by atoms with Crippen molar-refractivity contribution in [1.82, 2.24) is 5.32 Å². The van der Waals surface area contributed by atoms with E-state index < -0.39 is 28.0 Å². The van der Waals surface area contributed by atoms with Crippen LogP contribution in [0.5, 0.6) is 0 Å². The molecule has 49 heavy (non-hydrogen) atoms. The van der Waals surface area contributed by atoms with Crippen molar-refractivity contribution in [1.29, 1.82) is 0 Å². The Morgan fingerprint density at radius 1 is 0.531 bits per heavy atom. The van der Waals surface area contributed by atoms with Crippen LogP contribution in [0, 0.1) is 0 Å². The summed E-state index contributed by atoms with van der Waals surface area (Å²) in [7, 11) is -4.34.